The maximum Gasteiger partial charge on any atom is 0.187 e. The summed E-state index contributed by atoms with van der Waals surface area (Å²) in [5.74, 6) is 0. The lowest BCUT2D eigenvalue weighted by molar-refractivity contribution is 0.900. The van der Waals surface area contributed by atoms with Crippen molar-refractivity contribution in [2.75, 3.05) is 5.32 Å². The van der Waals surface area contributed by atoms with Crippen LogP contribution in [0.2, 0.25) is 10.0 Å². The number of anilines is 2. The Balaban J connectivity index is 1.83. The van der Waals surface area contributed by atoms with Gasteiger partial charge in [0.05, 0.1) is 15.7 Å². The lowest BCUT2D eigenvalue weighted by Crippen LogP contribution is -1.90. The molecule has 1 aromatic carbocycles. The molecular formula is C12H10Cl2N2S. The maximum absolute atomic E-state index is 5.97. The molecule has 0 radical (unpaired) electrons. The highest BCUT2D eigenvalue weighted by Crippen LogP contribution is 2.33. The molecule has 0 amide bonds. The number of fused-ring (bicyclic) bond motifs is 1. The van der Waals surface area contributed by atoms with Crippen LogP contribution in [0.3, 0.4) is 0 Å². The van der Waals surface area contributed by atoms with E-state index < -0.39 is 0 Å². The Bertz CT molecular complexity index is 544. The molecule has 1 aliphatic rings. The van der Waals surface area contributed by atoms with Crippen molar-refractivity contribution in [3.63, 3.8) is 0 Å². The van der Waals surface area contributed by atoms with Crippen molar-refractivity contribution in [3.8, 4) is 0 Å². The van der Waals surface area contributed by atoms with E-state index in [1.807, 2.05) is 12.1 Å². The van der Waals surface area contributed by atoms with Crippen LogP contribution in [0.4, 0.5) is 10.8 Å². The van der Waals surface area contributed by atoms with Crippen LogP contribution in [0, 0.1) is 0 Å². The van der Waals surface area contributed by atoms with E-state index in [9.17, 15) is 0 Å². The summed E-state index contributed by atoms with van der Waals surface area (Å²) < 4.78 is 0. The standard InChI is InChI=1S/C12H10Cl2N2S/c13-8-5-4-7(6-9(8)14)15-12-16-10-2-1-3-11(10)17-12/h4-6H,1-3H2,(H,15,16). The van der Waals surface area contributed by atoms with Gasteiger partial charge in [0, 0.05) is 10.6 Å². The predicted molar refractivity (Wildman–Crippen MR) is 73.9 cm³/mol. The van der Waals surface area contributed by atoms with Crippen molar-refractivity contribution in [2.45, 2.75) is 19.3 Å². The molecule has 0 spiro atoms. The van der Waals surface area contributed by atoms with Crippen LogP contribution >= 0.6 is 34.5 Å². The zero-order chi connectivity index (χ0) is 11.8. The lowest BCUT2D eigenvalue weighted by atomic mass is 10.3. The number of halogens is 2. The molecule has 3 rings (SSSR count). The van der Waals surface area contributed by atoms with Gasteiger partial charge >= 0.3 is 0 Å². The summed E-state index contributed by atoms with van der Waals surface area (Å²) in [6.45, 7) is 0. The van der Waals surface area contributed by atoms with E-state index in [-0.39, 0.29) is 0 Å². The molecule has 17 heavy (non-hydrogen) atoms. The van der Waals surface area contributed by atoms with Crippen LogP contribution in [-0.4, -0.2) is 4.98 Å². The number of aromatic nitrogens is 1. The number of aryl methyl sites for hydroxylation is 2. The van der Waals surface area contributed by atoms with Crippen LogP contribution in [0.5, 0.6) is 0 Å². The number of thiazole rings is 1. The minimum atomic E-state index is 0.556. The molecule has 2 nitrogen and oxygen atoms in total. The molecule has 0 fully saturated rings. The van der Waals surface area contributed by atoms with E-state index in [0.29, 0.717) is 10.0 Å². The van der Waals surface area contributed by atoms with Crippen LogP contribution in [-0.2, 0) is 12.8 Å². The number of hydrogen-bond donors (Lipinski definition) is 1. The molecule has 1 aliphatic carbocycles. The van der Waals surface area contributed by atoms with E-state index in [2.05, 4.69) is 10.3 Å². The van der Waals surface area contributed by atoms with Gasteiger partial charge in [0.2, 0.25) is 0 Å². The lowest BCUT2D eigenvalue weighted by Gasteiger charge is -2.03. The molecule has 0 atom stereocenters. The van der Waals surface area contributed by atoms with Gasteiger partial charge in [-0.2, -0.15) is 0 Å². The highest BCUT2D eigenvalue weighted by molar-refractivity contribution is 7.15. The molecule has 0 saturated heterocycles. The minimum Gasteiger partial charge on any atom is -0.331 e. The van der Waals surface area contributed by atoms with E-state index in [4.69, 9.17) is 23.2 Å². The normalized spacial score (nSPS) is 13.8. The third kappa shape index (κ3) is 2.28. The van der Waals surface area contributed by atoms with E-state index in [1.54, 1.807) is 17.4 Å². The third-order valence-electron chi connectivity index (χ3n) is 2.77. The zero-order valence-electron chi connectivity index (χ0n) is 8.96. The summed E-state index contributed by atoms with van der Waals surface area (Å²) in [5, 5.41) is 5.33. The Morgan fingerprint density at radius 2 is 2.06 bits per heavy atom. The van der Waals surface area contributed by atoms with Crippen LogP contribution in [0.1, 0.15) is 17.0 Å². The monoisotopic (exact) mass is 284 g/mol. The van der Waals surface area contributed by atoms with Crippen LogP contribution in [0.25, 0.3) is 0 Å². The van der Waals surface area contributed by atoms with Gasteiger partial charge in [-0.1, -0.05) is 23.2 Å². The second-order valence-electron chi connectivity index (χ2n) is 4.00. The molecule has 1 heterocycles. The van der Waals surface area contributed by atoms with Gasteiger partial charge in [-0.3, -0.25) is 0 Å². The first kappa shape index (κ1) is 11.3. The average molecular weight is 285 g/mol. The summed E-state index contributed by atoms with van der Waals surface area (Å²) in [6.07, 6.45) is 3.51. The molecule has 88 valence electrons. The topological polar surface area (TPSA) is 24.9 Å². The maximum atomic E-state index is 5.97. The molecule has 1 aromatic heterocycles. The Labute approximate surface area is 114 Å². The van der Waals surface area contributed by atoms with Gasteiger partial charge in [-0.15, -0.1) is 11.3 Å². The summed E-state index contributed by atoms with van der Waals surface area (Å²) >= 11 is 13.6. The van der Waals surface area contributed by atoms with Crippen molar-refractivity contribution in [3.05, 3.63) is 38.8 Å². The molecule has 1 N–H and O–H groups in total. The fourth-order valence-electron chi connectivity index (χ4n) is 1.94. The Hall–Kier alpha value is -0.770. The highest BCUT2D eigenvalue weighted by atomic mass is 35.5. The van der Waals surface area contributed by atoms with Gasteiger partial charge in [0.1, 0.15) is 0 Å². The fourth-order valence-corrected chi connectivity index (χ4v) is 3.31. The Kier molecular flexibility index (Phi) is 2.99. The van der Waals surface area contributed by atoms with Crippen molar-refractivity contribution in [1.82, 2.24) is 4.98 Å². The molecule has 0 bridgehead atoms. The quantitative estimate of drug-likeness (QED) is 0.866. The average Bonchev–Trinajstić information content (AvgIpc) is 2.84. The predicted octanol–water partition coefficient (Wildman–Crippen LogP) is 4.68. The van der Waals surface area contributed by atoms with Gasteiger partial charge in [-0.05, 0) is 37.5 Å². The molecular weight excluding hydrogens is 275 g/mol. The first-order chi connectivity index (χ1) is 8.22. The van der Waals surface area contributed by atoms with Gasteiger partial charge in [0.25, 0.3) is 0 Å². The van der Waals surface area contributed by atoms with E-state index >= 15 is 0 Å². The SMILES string of the molecule is Clc1ccc(Nc2nc3c(s2)CCC3)cc1Cl. The Morgan fingerprint density at radius 1 is 1.18 bits per heavy atom. The first-order valence-electron chi connectivity index (χ1n) is 5.43. The number of nitrogens with one attached hydrogen (secondary N) is 1. The molecule has 2 aromatic rings. The number of benzene rings is 1. The van der Waals surface area contributed by atoms with Crippen molar-refractivity contribution in [2.24, 2.45) is 0 Å². The van der Waals surface area contributed by atoms with Gasteiger partial charge in [0.15, 0.2) is 5.13 Å². The molecule has 0 aliphatic heterocycles. The Morgan fingerprint density at radius 3 is 2.82 bits per heavy atom. The second-order valence-corrected chi connectivity index (χ2v) is 5.89. The molecule has 0 unspecified atom stereocenters. The van der Waals surface area contributed by atoms with E-state index in [1.165, 1.54) is 17.0 Å². The smallest absolute Gasteiger partial charge is 0.187 e. The second kappa shape index (κ2) is 4.48. The van der Waals surface area contributed by atoms with Crippen LogP contribution < -0.4 is 5.32 Å². The number of hydrogen-bond acceptors (Lipinski definition) is 3. The van der Waals surface area contributed by atoms with E-state index in [0.717, 1.165) is 23.7 Å². The summed E-state index contributed by atoms with van der Waals surface area (Å²) in [4.78, 5) is 5.98. The highest BCUT2D eigenvalue weighted by Gasteiger charge is 2.16. The molecule has 5 heteroatoms. The first-order valence-corrected chi connectivity index (χ1v) is 7.00. The third-order valence-corrected chi connectivity index (χ3v) is 4.58. The zero-order valence-corrected chi connectivity index (χ0v) is 11.3. The minimum absolute atomic E-state index is 0.556. The van der Waals surface area contributed by atoms with Crippen molar-refractivity contribution >= 4 is 45.4 Å². The van der Waals surface area contributed by atoms with Crippen molar-refractivity contribution in [1.29, 1.82) is 0 Å². The van der Waals surface area contributed by atoms with Crippen molar-refractivity contribution < 1.29 is 0 Å². The van der Waals surface area contributed by atoms with Gasteiger partial charge < -0.3 is 5.32 Å². The molecule has 0 saturated carbocycles. The summed E-state index contributed by atoms with van der Waals surface area (Å²) in [7, 11) is 0. The fraction of sp³-hybridized carbons (Fsp3) is 0.250. The number of rotatable bonds is 2. The van der Waals surface area contributed by atoms with Gasteiger partial charge in [-0.25, -0.2) is 4.98 Å². The summed E-state index contributed by atoms with van der Waals surface area (Å²) in [5.41, 5.74) is 2.17. The summed E-state index contributed by atoms with van der Waals surface area (Å²) in [6, 6.07) is 5.50. The van der Waals surface area contributed by atoms with Crippen LogP contribution in [0.15, 0.2) is 18.2 Å². The number of nitrogens with zero attached hydrogens (tertiary/aromatic N) is 1. The largest absolute Gasteiger partial charge is 0.331 e.